The van der Waals surface area contributed by atoms with E-state index >= 15 is 0 Å². The summed E-state index contributed by atoms with van der Waals surface area (Å²) in [5.74, 6) is 1.12. The third-order valence-corrected chi connectivity index (χ3v) is 4.03. The molecule has 0 aliphatic rings. The Bertz CT molecular complexity index is 943. The molecule has 7 nitrogen and oxygen atoms in total. The van der Waals surface area contributed by atoms with Crippen molar-refractivity contribution in [3.8, 4) is 17.1 Å². The maximum Gasteiger partial charge on any atom is 0.345 e. The molecule has 0 bridgehead atoms. The molecule has 3 aromatic rings. The number of methoxy groups -OCH3 is 1. The van der Waals surface area contributed by atoms with Crippen LogP contribution >= 0.6 is 0 Å². The van der Waals surface area contributed by atoms with Gasteiger partial charge in [-0.25, -0.2) is 9.48 Å². The van der Waals surface area contributed by atoms with Crippen molar-refractivity contribution >= 4 is 5.91 Å². The Balaban J connectivity index is 1.69. The highest BCUT2D eigenvalue weighted by Crippen LogP contribution is 2.19. The number of ether oxygens (including phenoxy) is 1. The van der Waals surface area contributed by atoms with E-state index in [0.29, 0.717) is 24.5 Å². The quantitative estimate of drug-likeness (QED) is 0.732. The first-order valence-electron chi connectivity index (χ1n) is 8.21. The van der Waals surface area contributed by atoms with Crippen molar-refractivity contribution in [1.82, 2.24) is 19.7 Å². The third-order valence-electron chi connectivity index (χ3n) is 4.03. The van der Waals surface area contributed by atoms with E-state index in [9.17, 15) is 9.59 Å². The predicted octanol–water partition coefficient (Wildman–Crippen LogP) is 1.69. The van der Waals surface area contributed by atoms with E-state index in [0.717, 1.165) is 11.3 Å². The Morgan fingerprint density at radius 2 is 1.81 bits per heavy atom. The molecule has 0 aliphatic heterocycles. The summed E-state index contributed by atoms with van der Waals surface area (Å²) in [5, 5.41) is 7.17. The monoisotopic (exact) mass is 352 g/mol. The topological polar surface area (TPSA) is 78.2 Å². The highest BCUT2D eigenvalue weighted by molar-refractivity contribution is 5.94. The number of nitrogens with one attached hydrogen (secondary N) is 1. The highest BCUT2D eigenvalue weighted by atomic mass is 16.5. The second-order valence-corrected chi connectivity index (χ2v) is 5.74. The van der Waals surface area contributed by atoms with Crippen LogP contribution in [0, 0.1) is 0 Å². The summed E-state index contributed by atoms with van der Waals surface area (Å²) in [6.45, 7) is 0.605. The summed E-state index contributed by atoms with van der Waals surface area (Å²) in [6.07, 6.45) is 0. The zero-order valence-electron chi connectivity index (χ0n) is 14.7. The van der Waals surface area contributed by atoms with Crippen molar-refractivity contribution in [3.63, 3.8) is 0 Å². The number of amides is 1. The first kappa shape index (κ1) is 17.5. The van der Waals surface area contributed by atoms with Crippen LogP contribution in [0.3, 0.4) is 0 Å². The number of rotatable bonds is 6. The number of hydrogen-bond acceptors (Lipinski definition) is 4. The zero-order valence-corrected chi connectivity index (χ0v) is 14.7. The SMILES string of the molecule is COc1ccc(-c2nn(CCNC(=O)c3ccccc3)c(=O)n2C)cc1. The van der Waals surface area contributed by atoms with Crippen LogP contribution in [0.25, 0.3) is 11.4 Å². The number of hydrogen-bond donors (Lipinski definition) is 1. The summed E-state index contributed by atoms with van der Waals surface area (Å²) in [7, 11) is 3.27. The second kappa shape index (κ2) is 7.69. The van der Waals surface area contributed by atoms with E-state index in [-0.39, 0.29) is 11.6 Å². The molecule has 7 heteroatoms. The first-order chi connectivity index (χ1) is 12.6. The number of carbonyl (C=O) groups excluding carboxylic acids is 1. The number of benzene rings is 2. The van der Waals surface area contributed by atoms with Gasteiger partial charge in [0.15, 0.2) is 5.82 Å². The molecule has 134 valence electrons. The Kier molecular flexibility index (Phi) is 5.17. The molecular formula is C19H20N4O3. The smallest absolute Gasteiger partial charge is 0.345 e. The van der Waals surface area contributed by atoms with Crippen molar-refractivity contribution in [1.29, 1.82) is 0 Å². The van der Waals surface area contributed by atoms with Crippen molar-refractivity contribution < 1.29 is 9.53 Å². The third kappa shape index (κ3) is 3.66. The van der Waals surface area contributed by atoms with Gasteiger partial charge in [-0.05, 0) is 36.4 Å². The molecule has 0 saturated heterocycles. The average Bonchev–Trinajstić information content (AvgIpc) is 2.97. The normalized spacial score (nSPS) is 10.5. The van der Waals surface area contributed by atoms with Crippen LogP contribution in [0.4, 0.5) is 0 Å². The fourth-order valence-electron chi connectivity index (χ4n) is 2.59. The van der Waals surface area contributed by atoms with Crippen molar-refractivity contribution in [3.05, 3.63) is 70.6 Å². The van der Waals surface area contributed by atoms with E-state index < -0.39 is 0 Å². The van der Waals surface area contributed by atoms with Crippen LogP contribution in [0.5, 0.6) is 5.75 Å². The van der Waals surface area contributed by atoms with Gasteiger partial charge in [0, 0.05) is 24.7 Å². The Hall–Kier alpha value is -3.35. The lowest BCUT2D eigenvalue weighted by molar-refractivity contribution is 0.0952. The molecule has 1 aromatic heterocycles. The largest absolute Gasteiger partial charge is 0.497 e. The van der Waals surface area contributed by atoms with Gasteiger partial charge in [0.25, 0.3) is 5.91 Å². The number of carbonyl (C=O) groups is 1. The molecule has 1 N–H and O–H groups in total. The maximum atomic E-state index is 12.4. The van der Waals surface area contributed by atoms with Gasteiger partial charge in [0.1, 0.15) is 5.75 Å². The summed E-state index contributed by atoms with van der Waals surface area (Å²) >= 11 is 0. The molecule has 3 rings (SSSR count). The molecule has 0 atom stereocenters. The maximum absolute atomic E-state index is 12.4. The van der Waals surface area contributed by atoms with E-state index in [1.807, 2.05) is 30.3 Å². The standard InChI is InChI=1S/C19H20N4O3/c1-22-17(14-8-10-16(26-2)11-9-14)21-23(19(22)25)13-12-20-18(24)15-6-4-3-5-7-15/h3-11H,12-13H2,1-2H3,(H,20,24). The van der Waals surface area contributed by atoms with Gasteiger partial charge >= 0.3 is 5.69 Å². The molecule has 1 amide bonds. The summed E-state index contributed by atoms with van der Waals surface area (Å²) in [6, 6.07) is 16.3. The van der Waals surface area contributed by atoms with Gasteiger partial charge in [0.05, 0.1) is 13.7 Å². The molecule has 26 heavy (non-hydrogen) atoms. The van der Waals surface area contributed by atoms with E-state index in [2.05, 4.69) is 10.4 Å². The molecule has 0 spiro atoms. The fraction of sp³-hybridized carbons (Fsp3) is 0.211. The highest BCUT2D eigenvalue weighted by Gasteiger charge is 2.12. The first-order valence-corrected chi connectivity index (χ1v) is 8.21. The molecule has 0 aliphatic carbocycles. The lowest BCUT2D eigenvalue weighted by Gasteiger charge is -2.04. The minimum Gasteiger partial charge on any atom is -0.497 e. The molecule has 0 saturated carbocycles. The second-order valence-electron chi connectivity index (χ2n) is 5.74. The summed E-state index contributed by atoms with van der Waals surface area (Å²) < 4.78 is 7.98. The molecule has 2 aromatic carbocycles. The molecule has 0 unspecified atom stereocenters. The summed E-state index contributed by atoms with van der Waals surface area (Å²) in [4.78, 5) is 24.4. The molecule has 1 heterocycles. The van der Waals surface area contributed by atoms with Gasteiger partial charge in [-0.15, -0.1) is 5.10 Å². The molecule has 0 fully saturated rings. The minimum absolute atomic E-state index is 0.176. The number of nitrogens with zero attached hydrogens (tertiary/aromatic N) is 3. The Morgan fingerprint density at radius 1 is 1.12 bits per heavy atom. The van der Waals surface area contributed by atoms with Crippen molar-refractivity contribution in [2.75, 3.05) is 13.7 Å². The molecular weight excluding hydrogens is 332 g/mol. The average molecular weight is 352 g/mol. The van der Waals surface area contributed by atoms with Crippen LogP contribution in [0.1, 0.15) is 10.4 Å². The summed E-state index contributed by atoms with van der Waals surface area (Å²) in [5.41, 5.74) is 1.17. The zero-order chi connectivity index (χ0) is 18.5. The Morgan fingerprint density at radius 3 is 2.46 bits per heavy atom. The van der Waals surface area contributed by atoms with Crippen molar-refractivity contribution in [2.45, 2.75) is 6.54 Å². The Labute approximate surface area is 150 Å². The van der Waals surface area contributed by atoms with Gasteiger partial charge in [-0.2, -0.15) is 0 Å². The van der Waals surface area contributed by atoms with Crippen LogP contribution in [0.15, 0.2) is 59.4 Å². The van der Waals surface area contributed by atoms with Crippen LogP contribution in [-0.4, -0.2) is 33.9 Å². The lowest BCUT2D eigenvalue weighted by atomic mass is 10.2. The van der Waals surface area contributed by atoms with E-state index in [1.54, 1.807) is 38.4 Å². The van der Waals surface area contributed by atoms with Gasteiger partial charge in [-0.3, -0.25) is 9.36 Å². The van der Waals surface area contributed by atoms with Gasteiger partial charge < -0.3 is 10.1 Å². The van der Waals surface area contributed by atoms with Crippen LogP contribution < -0.4 is 15.7 Å². The van der Waals surface area contributed by atoms with E-state index in [4.69, 9.17) is 4.74 Å². The van der Waals surface area contributed by atoms with Crippen molar-refractivity contribution in [2.24, 2.45) is 7.05 Å². The van der Waals surface area contributed by atoms with Crippen LogP contribution in [0.2, 0.25) is 0 Å². The lowest BCUT2D eigenvalue weighted by Crippen LogP contribution is -2.31. The van der Waals surface area contributed by atoms with Gasteiger partial charge in [-0.1, -0.05) is 18.2 Å². The number of aromatic nitrogens is 3. The van der Waals surface area contributed by atoms with Gasteiger partial charge in [0.2, 0.25) is 0 Å². The fourth-order valence-corrected chi connectivity index (χ4v) is 2.59. The van der Waals surface area contributed by atoms with E-state index in [1.165, 1.54) is 9.25 Å². The minimum atomic E-state index is -0.232. The predicted molar refractivity (Wildman–Crippen MR) is 98.2 cm³/mol. The molecule has 0 radical (unpaired) electrons. The van der Waals surface area contributed by atoms with Crippen LogP contribution in [-0.2, 0) is 13.6 Å².